The van der Waals surface area contributed by atoms with E-state index in [1.54, 1.807) is 36.4 Å². The molecular formula is C17H17N3O5S. The number of nitrogens with one attached hydrogen (secondary N) is 1. The number of rotatable bonds is 6. The molecule has 0 fully saturated rings. The van der Waals surface area contributed by atoms with Gasteiger partial charge in [0.25, 0.3) is 16.8 Å². The van der Waals surface area contributed by atoms with Gasteiger partial charge in [-0.25, -0.2) is 9.19 Å². The van der Waals surface area contributed by atoms with Gasteiger partial charge in [0, 0.05) is 11.8 Å². The smallest absolute Gasteiger partial charge is 0.261 e. The lowest BCUT2D eigenvalue weighted by atomic mass is 10.2. The normalized spacial score (nSPS) is 12.0. The molecule has 1 unspecified atom stereocenters. The molecule has 0 amide bonds. The summed E-state index contributed by atoms with van der Waals surface area (Å²) >= 11 is -2.12. The van der Waals surface area contributed by atoms with Gasteiger partial charge in [0.1, 0.15) is 0 Å². The van der Waals surface area contributed by atoms with Crippen LogP contribution in [0.5, 0.6) is 11.5 Å². The van der Waals surface area contributed by atoms with Crippen molar-refractivity contribution in [3.63, 3.8) is 0 Å². The van der Waals surface area contributed by atoms with Crippen LogP contribution in [0.3, 0.4) is 0 Å². The minimum absolute atomic E-state index is 0.199. The summed E-state index contributed by atoms with van der Waals surface area (Å²) < 4.78 is 33.9. The first-order valence-electron chi connectivity index (χ1n) is 7.59. The van der Waals surface area contributed by atoms with Crippen LogP contribution >= 0.6 is 0 Å². The number of anilines is 1. The predicted octanol–water partition coefficient (Wildman–Crippen LogP) is 2.01. The lowest BCUT2D eigenvalue weighted by molar-refractivity contribution is 0.355. The molecule has 0 bridgehead atoms. The first-order valence-corrected chi connectivity index (χ1v) is 8.70. The average molecular weight is 375 g/mol. The van der Waals surface area contributed by atoms with Gasteiger partial charge < -0.3 is 9.47 Å². The number of benzene rings is 2. The maximum absolute atomic E-state index is 12.8. The minimum Gasteiger partial charge on any atom is -0.493 e. The van der Waals surface area contributed by atoms with E-state index in [0.717, 1.165) is 5.56 Å². The standard InChI is InChI=1S/C17H17N3O5S/c1-24-15-7-13-14(8-16(15)25-2)18-10-20(17(13)21)9-11-3-5-12(6-4-11)19-26(22)23/h3-8,10,19H,9H2,1-2H3,(H,22,23). The molecule has 26 heavy (non-hydrogen) atoms. The van der Waals surface area contributed by atoms with E-state index in [1.807, 2.05) is 0 Å². The molecule has 136 valence electrons. The quantitative estimate of drug-likeness (QED) is 0.639. The molecule has 3 aromatic rings. The summed E-state index contributed by atoms with van der Waals surface area (Å²) in [5, 5.41) is 0.430. The summed E-state index contributed by atoms with van der Waals surface area (Å²) in [5.74, 6) is 0.970. The van der Waals surface area contributed by atoms with Crippen molar-refractivity contribution in [1.29, 1.82) is 0 Å². The third-order valence-electron chi connectivity index (χ3n) is 3.84. The first kappa shape index (κ1) is 17.9. The Labute approximate surface area is 151 Å². The molecule has 2 aromatic carbocycles. The third-order valence-corrected chi connectivity index (χ3v) is 4.25. The molecule has 0 saturated carbocycles. The van der Waals surface area contributed by atoms with Crippen molar-refractivity contribution in [2.45, 2.75) is 6.54 Å². The SMILES string of the molecule is COc1cc2ncn(Cc3ccc(NS(=O)O)cc3)c(=O)c2cc1OC. The van der Waals surface area contributed by atoms with Gasteiger partial charge in [-0.3, -0.25) is 18.6 Å². The van der Waals surface area contributed by atoms with Crippen LogP contribution < -0.4 is 19.8 Å². The molecule has 0 radical (unpaired) electrons. The van der Waals surface area contributed by atoms with Crippen LogP contribution in [0.2, 0.25) is 0 Å². The highest BCUT2D eigenvalue weighted by molar-refractivity contribution is 7.80. The number of hydrogen-bond donors (Lipinski definition) is 2. The fourth-order valence-corrected chi connectivity index (χ4v) is 2.91. The van der Waals surface area contributed by atoms with E-state index in [2.05, 4.69) is 9.71 Å². The van der Waals surface area contributed by atoms with Crippen LogP contribution in [0.25, 0.3) is 10.9 Å². The number of aromatic nitrogens is 2. The van der Waals surface area contributed by atoms with Crippen LogP contribution in [-0.4, -0.2) is 32.5 Å². The maximum Gasteiger partial charge on any atom is 0.261 e. The monoisotopic (exact) mass is 375 g/mol. The van der Waals surface area contributed by atoms with Gasteiger partial charge in [-0.1, -0.05) is 12.1 Å². The van der Waals surface area contributed by atoms with Gasteiger partial charge >= 0.3 is 0 Å². The highest BCUT2D eigenvalue weighted by Gasteiger charge is 2.11. The highest BCUT2D eigenvalue weighted by atomic mass is 32.2. The number of ether oxygens (including phenoxy) is 2. The topological polar surface area (TPSA) is 103 Å². The van der Waals surface area contributed by atoms with Crippen LogP contribution in [0.15, 0.2) is 47.5 Å². The van der Waals surface area contributed by atoms with Crippen molar-refractivity contribution in [3.05, 3.63) is 58.6 Å². The summed E-state index contributed by atoms with van der Waals surface area (Å²) in [6.45, 7) is 0.318. The van der Waals surface area contributed by atoms with E-state index < -0.39 is 11.3 Å². The van der Waals surface area contributed by atoms with Gasteiger partial charge in [0.2, 0.25) is 0 Å². The van der Waals surface area contributed by atoms with Crippen molar-refractivity contribution >= 4 is 27.9 Å². The molecule has 0 aliphatic carbocycles. The van der Waals surface area contributed by atoms with Gasteiger partial charge in [-0.05, 0) is 23.8 Å². The summed E-state index contributed by atoms with van der Waals surface area (Å²) in [7, 11) is 3.03. The van der Waals surface area contributed by atoms with Crippen molar-refractivity contribution in [2.24, 2.45) is 0 Å². The minimum atomic E-state index is -2.12. The Kier molecular flexibility index (Phi) is 5.19. The summed E-state index contributed by atoms with van der Waals surface area (Å²) in [6, 6.07) is 10.1. The van der Waals surface area contributed by atoms with Crippen LogP contribution in [-0.2, 0) is 17.8 Å². The number of fused-ring (bicyclic) bond motifs is 1. The fourth-order valence-electron chi connectivity index (χ4n) is 2.57. The molecule has 1 atom stereocenters. The Morgan fingerprint density at radius 2 is 1.81 bits per heavy atom. The summed E-state index contributed by atoms with van der Waals surface area (Å²) in [6.07, 6.45) is 1.48. The zero-order valence-electron chi connectivity index (χ0n) is 14.1. The molecule has 0 aliphatic rings. The number of hydrogen-bond acceptors (Lipinski definition) is 5. The van der Waals surface area contributed by atoms with E-state index >= 15 is 0 Å². The Bertz CT molecular complexity index is 1020. The molecule has 8 nitrogen and oxygen atoms in total. The first-order chi connectivity index (χ1) is 12.5. The molecule has 1 aromatic heterocycles. The Hall–Kier alpha value is -2.91. The maximum atomic E-state index is 12.8. The molecule has 0 spiro atoms. The average Bonchev–Trinajstić information content (AvgIpc) is 2.64. The molecule has 3 rings (SSSR count). The summed E-state index contributed by atoms with van der Waals surface area (Å²) in [4.78, 5) is 17.1. The Morgan fingerprint density at radius 1 is 1.15 bits per heavy atom. The van der Waals surface area contributed by atoms with E-state index in [9.17, 15) is 9.00 Å². The lowest BCUT2D eigenvalue weighted by Gasteiger charge is -2.11. The molecule has 1 heterocycles. The molecular weight excluding hydrogens is 358 g/mol. The van der Waals surface area contributed by atoms with E-state index in [1.165, 1.54) is 25.1 Å². The van der Waals surface area contributed by atoms with E-state index in [0.29, 0.717) is 34.6 Å². The van der Waals surface area contributed by atoms with Crippen LogP contribution in [0.1, 0.15) is 5.56 Å². The Morgan fingerprint density at radius 3 is 2.42 bits per heavy atom. The second-order valence-corrected chi connectivity index (χ2v) is 6.15. The van der Waals surface area contributed by atoms with Crippen molar-refractivity contribution < 1.29 is 18.2 Å². The number of nitrogens with zero attached hydrogens (tertiary/aromatic N) is 2. The van der Waals surface area contributed by atoms with Crippen molar-refractivity contribution in [3.8, 4) is 11.5 Å². The fraction of sp³-hybridized carbons (Fsp3) is 0.176. The van der Waals surface area contributed by atoms with Crippen LogP contribution in [0.4, 0.5) is 5.69 Å². The zero-order valence-corrected chi connectivity index (χ0v) is 14.9. The largest absolute Gasteiger partial charge is 0.493 e. The van der Waals surface area contributed by atoms with Crippen molar-refractivity contribution in [2.75, 3.05) is 18.9 Å². The van der Waals surface area contributed by atoms with E-state index in [-0.39, 0.29) is 5.56 Å². The van der Waals surface area contributed by atoms with Gasteiger partial charge in [0.15, 0.2) is 11.5 Å². The molecule has 2 N–H and O–H groups in total. The van der Waals surface area contributed by atoms with Crippen LogP contribution in [0, 0.1) is 0 Å². The summed E-state index contributed by atoms with van der Waals surface area (Å²) in [5.41, 5.74) is 1.68. The molecule has 9 heteroatoms. The van der Waals surface area contributed by atoms with Gasteiger partial charge in [-0.15, -0.1) is 0 Å². The predicted molar refractivity (Wildman–Crippen MR) is 99.0 cm³/mol. The van der Waals surface area contributed by atoms with Gasteiger partial charge in [0.05, 0.1) is 38.0 Å². The molecule has 0 aliphatic heterocycles. The van der Waals surface area contributed by atoms with Crippen molar-refractivity contribution in [1.82, 2.24) is 9.55 Å². The molecule has 0 saturated heterocycles. The second-order valence-electron chi connectivity index (χ2n) is 5.45. The number of methoxy groups -OCH3 is 2. The van der Waals surface area contributed by atoms with Gasteiger partial charge in [-0.2, -0.15) is 0 Å². The Balaban J connectivity index is 1.94. The van der Waals surface area contributed by atoms with E-state index in [4.69, 9.17) is 14.0 Å². The third kappa shape index (κ3) is 3.68. The zero-order chi connectivity index (χ0) is 18.7. The lowest BCUT2D eigenvalue weighted by Crippen LogP contribution is -2.21. The second kappa shape index (κ2) is 7.54. The highest BCUT2D eigenvalue weighted by Crippen LogP contribution is 2.29.